The van der Waals surface area contributed by atoms with Crippen LogP contribution in [0.15, 0.2) is 77.4 Å². The second kappa shape index (κ2) is 7.83. The second-order valence-electron chi connectivity index (χ2n) is 6.15. The standard InChI is InChI=1S/C22H19NO4/c24-22(23-14-18-15-26-20-10-4-5-11-21(20)27-18)19(13-17-9-6-12-25-17)16-7-2-1-3-8-16/h1-13,18H,14-15H2,(H,23,24)/b19-13+/t18-/m1/s1. The van der Waals surface area contributed by atoms with Gasteiger partial charge in [0.15, 0.2) is 11.5 Å². The number of para-hydroxylation sites is 2. The van der Waals surface area contributed by atoms with Crippen LogP contribution in [0.2, 0.25) is 0 Å². The Hall–Kier alpha value is -3.47. The van der Waals surface area contributed by atoms with E-state index in [1.165, 1.54) is 0 Å². The van der Waals surface area contributed by atoms with Crippen molar-refractivity contribution in [1.29, 1.82) is 0 Å². The lowest BCUT2D eigenvalue weighted by atomic mass is 10.0. The van der Waals surface area contributed by atoms with Crippen molar-refractivity contribution in [2.24, 2.45) is 0 Å². The van der Waals surface area contributed by atoms with Gasteiger partial charge in [0.2, 0.25) is 0 Å². The molecule has 0 aliphatic carbocycles. The van der Waals surface area contributed by atoms with Gasteiger partial charge in [0.25, 0.3) is 5.91 Å². The van der Waals surface area contributed by atoms with Gasteiger partial charge in [-0.15, -0.1) is 0 Å². The largest absolute Gasteiger partial charge is 0.486 e. The Bertz CT molecular complexity index is 932. The van der Waals surface area contributed by atoms with Crippen molar-refractivity contribution in [3.63, 3.8) is 0 Å². The zero-order chi connectivity index (χ0) is 18.5. The maximum Gasteiger partial charge on any atom is 0.252 e. The number of benzene rings is 2. The first kappa shape index (κ1) is 17.0. The number of carbonyl (C=O) groups is 1. The zero-order valence-electron chi connectivity index (χ0n) is 14.6. The summed E-state index contributed by atoms with van der Waals surface area (Å²) in [5.74, 6) is 1.84. The highest BCUT2D eigenvalue weighted by atomic mass is 16.6. The van der Waals surface area contributed by atoms with E-state index in [0.717, 1.165) is 11.3 Å². The average Bonchev–Trinajstić information content (AvgIpc) is 3.24. The molecule has 5 nitrogen and oxygen atoms in total. The summed E-state index contributed by atoms with van der Waals surface area (Å²) in [6.07, 6.45) is 3.07. The fraction of sp³-hybridized carbons (Fsp3) is 0.136. The third-order valence-corrected chi connectivity index (χ3v) is 4.22. The van der Waals surface area contributed by atoms with Crippen molar-refractivity contribution < 1.29 is 18.7 Å². The van der Waals surface area contributed by atoms with Crippen molar-refractivity contribution >= 4 is 17.6 Å². The van der Waals surface area contributed by atoms with E-state index in [1.54, 1.807) is 18.4 Å². The molecule has 4 rings (SSSR count). The minimum Gasteiger partial charge on any atom is -0.486 e. The SMILES string of the molecule is O=C(NC[C@@H]1COc2ccccc2O1)/C(=C/c1ccco1)c1ccccc1. The van der Waals surface area contributed by atoms with Crippen LogP contribution in [-0.4, -0.2) is 25.2 Å². The lowest BCUT2D eigenvalue weighted by Crippen LogP contribution is -2.41. The molecule has 1 aliphatic rings. The molecule has 0 radical (unpaired) electrons. The molecule has 1 atom stereocenters. The van der Waals surface area contributed by atoms with Crippen molar-refractivity contribution in [2.75, 3.05) is 13.2 Å². The molecule has 1 aliphatic heterocycles. The molecule has 2 heterocycles. The Labute approximate surface area is 157 Å². The first-order chi connectivity index (χ1) is 13.3. The van der Waals surface area contributed by atoms with Gasteiger partial charge in [0.05, 0.1) is 18.4 Å². The third-order valence-electron chi connectivity index (χ3n) is 4.22. The summed E-state index contributed by atoms with van der Waals surface area (Å²) < 4.78 is 17.0. The Morgan fingerprint density at radius 2 is 1.78 bits per heavy atom. The predicted octanol–water partition coefficient (Wildman–Crippen LogP) is 3.78. The Morgan fingerprint density at radius 3 is 2.56 bits per heavy atom. The van der Waals surface area contributed by atoms with E-state index < -0.39 is 0 Å². The molecule has 3 aromatic rings. The highest BCUT2D eigenvalue weighted by Gasteiger charge is 2.22. The summed E-state index contributed by atoms with van der Waals surface area (Å²) in [5.41, 5.74) is 1.35. The molecule has 0 fully saturated rings. The molecule has 27 heavy (non-hydrogen) atoms. The zero-order valence-corrected chi connectivity index (χ0v) is 14.6. The van der Waals surface area contributed by atoms with Crippen LogP contribution in [0.25, 0.3) is 11.6 Å². The number of amides is 1. The molecule has 0 unspecified atom stereocenters. The summed E-state index contributed by atoms with van der Waals surface area (Å²) in [6, 6.07) is 20.6. The van der Waals surface area contributed by atoms with E-state index in [0.29, 0.717) is 30.2 Å². The summed E-state index contributed by atoms with van der Waals surface area (Å²) in [4.78, 5) is 12.8. The lowest BCUT2D eigenvalue weighted by Gasteiger charge is -2.26. The monoisotopic (exact) mass is 361 g/mol. The number of hydrogen-bond acceptors (Lipinski definition) is 4. The van der Waals surface area contributed by atoms with Gasteiger partial charge >= 0.3 is 0 Å². The van der Waals surface area contributed by atoms with Crippen LogP contribution in [-0.2, 0) is 4.79 Å². The number of fused-ring (bicyclic) bond motifs is 1. The van der Waals surface area contributed by atoms with Crippen LogP contribution in [0.1, 0.15) is 11.3 Å². The maximum absolute atomic E-state index is 12.8. The topological polar surface area (TPSA) is 60.7 Å². The molecular formula is C22H19NO4. The van der Waals surface area contributed by atoms with Gasteiger partial charge < -0.3 is 19.2 Å². The molecule has 1 aromatic heterocycles. The minimum absolute atomic E-state index is 0.194. The normalized spacial score (nSPS) is 16.0. The van der Waals surface area contributed by atoms with E-state index in [-0.39, 0.29) is 12.0 Å². The molecule has 0 saturated heterocycles. The average molecular weight is 361 g/mol. The van der Waals surface area contributed by atoms with Crippen LogP contribution in [0.5, 0.6) is 11.5 Å². The Balaban J connectivity index is 1.47. The van der Waals surface area contributed by atoms with Crippen LogP contribution >= 0.6 is 0 Å². The fourth-order valence-corrected chi connectivity index (χ4v) is 2.88. The quantitative estimate of drug-likeness (QED) is 0.703. The second-order valence-corrected chi connectivity index (χ2v) is 6.15. The first-order valence-electron chi connectivity index (χ1n) is 8.77. The fourth-order valence-electron chi connectivity index (χ4n) is 2.88. The number of carbonyl (C=O) groups excluding carboxylic acids is 1. The number of nitrogens with one attached hydrogen (secondary N) is 1. The van der Waals surface area contributed by atoms with Crippen molar-refractivity contribution in [1.82, 2.24) is 5.32 Å². The Morgan fingerprint density at radius 1 is 1.00 bits per heavy atom. The predicted molar refractivity (Wildman–Crippen MR) is 102 cm³/mol. The Kier molecular flexibility index (Phi) is 4.92. The van der Waals surface area contributed by atoms with Gasteiger partial charge in [0, 0.05) is 0 Å². The molecule has 0 spiro atoms. The van der Waals surface area contributed by atoms with E-state index in [1.807, 2.05) is 60.7 Å². The van der Waals surface area contributed by atoms with Crippen LogP contribution in [0.4, 0.5) is 0 Å². The highest BCUT2D eigenvalue weighted by Crippen LogP contribution is 2.30. The van der Waals surface area contributed by atoms with E-state index in [2.05, 4.69) is 5.32 Å². The van der Waals surface area contributed by atoms with Gasteiger partial charge in [-0.2, -0.15) is 0 Å². The molecular weight excluding hydrogens is 342 g/mol. The molecule has 2 aromatic carbocycles. The third kappa shape index (κ3) is 4.03. The maximum atomic E-state index is 12.8. The van der Waals surface area contributed by atoms with Crippen LogP contribution < -0.4 is 14.8 Å². The number of hydrogen-bond donors (Lipinski definition) is 1. The molecule has 136 valence electrons. The van der Waals surface area contributed by atoms with E-state index in [9.17, 15) is 4.79 Å². The van der Waals surface area contributed by atoms with Gasteiger partial charge in [-0.25, -0.2) is 0 Å². The smallest absolute Gasteiger partial charge is 0.252 e. The van der Waals surface area contributed by atoms with E-state index >= 15 is 0 Å². The van der Waals surface area contributed by atoms with Gasteiger partial charge in [-0.3, -0.25) is 4.79 Å². The number of ether oxygens (including phenoxy) is 2. The van der Waals surface area contributed by atoms with Crippen molar-refractivity contribution in [3.8, 4) is 11.5 Å². The lowest BCUT2D eigenvalue weighted by molar-refractivity contribution is -0.116. The van der Waals surface area contributed by atoms with E-state index in [4.69, 9.17) is 13.9 Å². The van der Waals surface area contributed by atoms with Gasteiger partial charge in [-0.1, -0.05) is 42.5 Å². The first-order valence-corrected chi connectivity index (χ1v) is 8.77. The summed E-state index contributed by atoms with van der Waals surface area (Å²) in [7, 11) is 0. The van der Waals surface area contributed by atoms with Gasteiger partial charge in [0.1, 0.15) is 18.5 Å². The summed E-state index contributed by atoms with van der Waals surface area (Å²) in [5, 5.41) is 2.94. The molecule has 0 saturated carbocycles. The highest BCUT2D eigenvalue weighted by molar-refractivity contribution is 6.24. The summed E-state index contributed by atoms with van der Waals surface area (Å²) in [6.45, 7) is 0.732. The van der Waals surface area contributed by atoms with Gasteiger partial charge in [-0.05, 0) is 35.9 Å². The molecule has 1 amide bonds. The van der Waals surface area contributed by atoms with Crippen LogP contribution in [0.3, 0.4) is 0 Å². The number of rotatable bonds is 5. The molecule has 1 N–H and O–H groups in total. The van der Waals surface area contributed by atoms with Crippen LogP contribution in [0, 0.1) is 0 Å². The van der Waals surface area contributed by atoms with Crippen molar-refractivity contribution in [2.45, 2.75) is 6.10 Å². The minimum atomic E-state index is -0.246. The number of furan rings is 1. The molecule has 5 heteroatoms. The molecule has 0 bridgehead atoms. The summed E-state index contributed by atoms with van der Waals surface area (Å²) >= 11 is 0. The van der Waals surface area contributed by atoms with Crippen molar-refractivity contribution in [3.05, 3.63) is 84.3 Å².